The van der Waals surface area contributed by atoms with Crippen LogP contribution in [0.3, 0.4) is 0 Å². The van der Waals surface area contributed by atoms with Crippen molar-refractivity contribution in [3.05, 3.63) is 192 Å². The predicted molar refractivity (Wildman–Crippen MR) is 327 cm³/mol. The molecule has 0 atom stereocenters. The zero-order valence-corrected chi connectivity index (χ0v) is 50.1. The number of aliphatic hydroxyl groups excluding tert-OH is 1. The van der Waals surface area contributed by atoms with Gasteiger partial charge in [-0.05, 0) is 85.0 Å². The third-order valence-electron chi connectivity index (χ3n) is 16.4. The maximum atomic E-state index is 10.0. The number of fused-ring (bicyclic) bond motifs is 8. The minimum absolute atomic E-state index is 0. The number of nitrogens with zero attached hydrogens (tertiary/aromatic N) is 2. The van der Waals surface area contributed by atoms with Gasteiger partial charge in [-0.3, -0.25) is 14.8 Å². The van der Waals surface area contributed by atoms with Crippen molar-refractivity contribution in [3.63, 3.8) is 0 Å². The van der Waals surface area contributed by atoms with Crippen LogP contribution in [0.4, 0.5) is 0 Å². The van der Waals surface area contributed by atoms with Gasteiger partial charge in [0.25, 0.3) is 0 Å². The van der Waals surface area contributed by atoms with Gasteiger partial charge in [-0.15, -0.1) is 58.7 Å². The number of carbonyl (C=O) groups is 1. The normalized spacial score (nSPS) is 13.3. The van der Waals surface area contributed by atoms with Crippen LogP contribution in [0.25, 0.3) is 66.6 Å². The van der Waals surface area contributed by atoms with Gasteiger partial charge in [0, 0.05) is 37.0 Å². The Morgan fingerprint density at radius 1 is 0.449 bits per heavy atom. The fourth-order valence-corrected chi connectivity index (χ4v) is 12.5. The van der Waals surface area contributed by atoms with Crippen LogP contribution in [-0.2, 0) is 35.7 Å². The van der Waals surface area contributed by atoms with E-state index in [9.17, 15) is 4.79 Å². The molecule has 2 aliphatic carbocycles. The summed E-state index contributed by atoms with van der Waals surface area (Å²) in [6, 6.07) is 60.4. The maximum Gasteiger partial charge on any atom is 0.155 e. The van der Waals surface area contributed by atoms with E-state index in [0.29, 0.717) is 0 Å². The number of para-hydroxylation sites is 2. The number of rotatable bonds is 23. The van der Waals surface area contributed by atoms with E-state index < -0.39 is 0 Å². The summed E-state index contributed by atoms with van der Waals surface area (Å²) in [5.74, 6) is -0.0625. The number of pyridine rings is 2. The van der Waals surface area contributed by atoms with Gasteiger partial charge >= 0.3 is 0 Å². The number of hydrogen-bond acceptors (Lipinski definition) is 4. The molecule has 0 amide bonds. The van der Waals surface area contributed by atoms with Crippen LogP contribution in [0, 0.1) is 12.1 Å². The number of aliphatic hydroxyl groups is 1. The number of ketones is 1. The fraction of sp³-hybridized carbons (Fsp3) is 0.384. The SMILES string of the molecule is CC(=O)C=C(C)O.CCCCCCC1(CCCCCC)c2ccccc2-c2c[c-]c(-c3ccc4ccccc4n3)cc21.CCCCCCC1(CCCCCC)c2ccccc2-c2c[c-]c(-c3ccc4ccccc4n3)cc21.[Ir]. The van der Waals surface area contributed by atoms with E-state index in [1.807, 2.05) is 0 Å². The average Bonchev–Trinajstić information content (AvgIpc) is 4.09. The molecule has 0 spiro atoms. The van der Waals surface area contributed by atoms with E-state index in [-0.39, 0.29) is 42.5 Å². The molecule has 1 N–H and O–H groups in total. The summed E-state index contributed by atoms with van der Waals surface area (Å²) in [7, 11) is 0. The Bertz CT molecular complexity index is 3010. The molecule has 2 heterocycles. The van der Waals surface area contributed by atoms with Crippen molar-refractivity contribution < 1.29 is 30.0 Å². The molecule has 10 rings (SSSR count). The molecular weight excluding hydrogens is 1130 g/mol. The largest absolute Gasteiger partial charge is 0.512 e. The smallest absolute Gasteiger partial charge is 0.155 e. The molecule has 0 fully saturated rings. The number of aromatic nitrogens is 2. The maximum absolute atomic E-state index is 10.0. The second-order valence-corrected chi connectivity index (χ2v) is 22.0. The van der Waals surface area contributed by atoms with E-state index >= 15 is 0 Å². The molecule has 0 bridgehead atoms. The van der Waals surface area contributed by atoms with E-state index in [2.05, 4.69) is 185 Å². The number of allylic oxidation sites excluding steroid dienone is 2. The van der Waals surface area contributed by atoms with Gasteiger partial charge < -0.3 is 5.11 Å². The average molecular weight is 1210 g/mol. The first-order valence-electron chi connectivity index (χ1n) is 29.6. The number of carbonyl (C=O) groups excluding carboxylic acids is 1. The zero-order chi connectivity index (χ0) is 54.0. The van der Waals surface area contributed by atoms with Crippen LogP contribution in [-0.4, -0.2) is 20.9 Å². The molecule has 0 saturated heterocycles. The monoisotopic (exact) mass is 1210 g/mol. The molecule has 6 aromatic carbocycles. The third-order valence-corrected chi connectivity index (χ3v) is 16.4. The zero-order valence-electron chi connectivity index (χ0n) is 47.7. The van der Waals surface area contributed by atoms with E-state index in [0.717, 1.165) is 33.5 Å². The molecule has 2 aromatic heterocycles. The van der Waals surface area contributed by atoms with Crippen LogP contribution in [0.15, 0.2) is 157 Å². The Labute approximate surface area is 482 Å². The molecule has 409 valence electrons. The quantitative estimate of drug-likeness (QED) is 0.0300. The Balaban J connectivity index is 0.000000199. The Morgan fingerprint density at radius 2 is 0.808 bits per heavy atom. The van der Waals surface area contributed by atoms with Crippen LogP contribution in [0.2, 0.25) is 0 Å². The van der Waals surface area contributed by atoms with Crippen molar-refractivity contribution in [2.24, 2.45) is 0 Å². The van der Waals surface area contributed by atoms with Crippen LogP contribution in [0.5, 0.6) is 0 Å². The van der Waals surface area contributed by atoms with Crippen LogP contribution < -0.4 is 0 Å². The van der Waals surface area contributed by atoms with Crippen LogP contribution >= 0.6 is 0 Å². The number of unbranched alkanes of at least 4 members (excludes halogenated alkanes) is 12. The summed E-state index contributed by atoms with van der Waals surface area (Å²) in [5, 5.41) is 10.7. The summed E-state index contributed by atoms with van der Waals surface area (Å²) < 4.78 is 0. The van der Waals surface area contributed by atoms with Crippen molar-refractivity contribution in [2.75, 3.05) is 0 Å². The van der Waals surface area contributed by atoms with E-state index in [1.165, 1.54) is 192 Å². The van der Waals surface area contributed by atoms with E-state index in [1.54, 1.807) is 11.1 Å². The number of benzene rings is 6. The summed E-state index contributed by atoms with van der Waals surface area (Å²) in [6.07, 6.45) is 27.0. The standard InChI is InChI=1S/2C34H38N.C5H8O2.Ir/c2*1-3-5-7-13-23-34(24-14-8-6-4-2)30-17-11-10-16-28(30)29-21-19-27(25-31(29)34)33-22-20-26-15-9-12-18-32(26)35-33;1-4(6)3-5(2)7;/h2*9-12,15-18,20-22,25H,3-8,13-14,23-24H2,1-2H3;3,6H,1-2H3;/q2*-1;;. The van der Waals surface area contributed by atoms with Gasteiger partial charge in [-0.1, -0.05) is 262 Å². The molecule has 2 aliphatic rings. The second-order valence-electron chi connectivity index (χ2n) is 22.0. The molecule has 5 heteroatoms. The summed E-state index contributed by atoms with van der Waals surface area (Å²) >= 11 is 0. The van der Waals surface area contributed by atoms with Crippen molar-refractivity contribution in [1.82, 2.24) is 9.97 Å². The van der Waals surface area contributed by atoms with Crippen molar-refractivity contribution >= 4 is 27.6 Å². The van der Waals surface area contributed by atoms with Gasteiger partial charge in [0.2, 0.25) is 0 Å². The number of hydrogen-bond donors (Lipinski definition) is 1. The first-order chi connectivity index (χ1) is 37.7. The third kappa shape index (κ3) is 14.1. The van der Waals surface area contributed by atoms with Crippen molar-refractivity contribution in [1.29, 1.82) is 0 Å². The minimum Gasteiger partial charge on any atom is -0.512 e. The Hall–Kier alpha value is -6.00. The molecule has 8 aromatic rings. The summed E-state index contributed by atoms with van der Waals surface area (Å²) in [6.45, 7) is 12.1. The molecule has 78 heavy (non-hydrogen) atoms. The van der Waals surface area contributed by atoms with Gasteiger partial charge in [-0.2, -0.15) is 0 Å². The topological polar surface area (TPSA) is 63.1 Å². The molecular formula is C73H84IrN2O2-2. The molecule has 0 saturated carbocycles. The Morgan fingerprint density at radius 3 is 1.15 bits per heavy atom. The molecule has 0 aliphatic heterocycles. The summed E-state index contributed by atoms with van der Waals surface area (Å²) in [5.41, 5.74) is 18.3. The van der Waals surface area contributed by atoms with Gasteiger partial charge in [-0.25, -0.2) is 0 Å². The fourth-order valence-electron chi connectivity index (χ4n) is 12.5. The molecule has 4 nitrogen and oxygen atoms in total. The van der Waals surface area contributed by atoms with Gasteiger partial charge in [0.15, 0.2) is 5.78 Å². The van der Waals surface area contributed by atoms with Crippen molar-refractivity contribution in [2.45, 2.75) is 181 Å². The predicted octanol–water partition coefficient (Wildman–Crippen LogP) is 20.9. The van der Waals surface area contributed by atoms with Gasteiger partial charge in [0.1, 0.15) is 0 Å². The van der Waals surface area contributed by atoms with E-state index in [4.69, 9.17) is 15.1 Å². The second kappa shape index (κ2) is 29.3. The summed E-state index contributed by atoms with van der Waals surface area (Å²) in [4.78, 5) is 20.0. The molecule has 1 radical (unpaired) electrons. The first kappa shape index (κ1) is 59.7. The first-order valence-corrected chi connectivity index (χ1v) is 29.6. The van der Waals surface area contributed by atoms with Crippen molar-refractivity contribution in [3.8, 4) is 44.8 Å². The van der Waals surface area contributed by atoms with Gasteiger partial charge in [0.05, 0.1) is 16.8 Å². The van der Waals surface area contributed by atoms with Crippen LogP contribution in [0.1, 0.15) is 192 Å². The Kier molecular flexibility index (Phi) is 22.4. The molecule has 0 unspecified atom stereocenters. The minimum atomic E-state index is -0.125.